The van der Waals surface area contributed by atoms with E-state index >= 15 is 0 Å². The molecule has 1 heterocycles. The van der Waals surface area contributed by atoms with Crippen LogP contribution in [0.1, 0.15) is 36.5 Å². The lowest BCUT2D eigenvalue weighted by molar-refractivity contribution is 0.0930. The Balaban J connectivity index is 2.09. The van der Waals surface area contributed by atoms with Gasteiger partial charge < -0.3 is 10.7 Å². The van der Waals surface area contributed by atoms with Gasteiger partial charge in [0.05, 0.1) is 11.3 Å². The summed E-state index contributed by atoms with van der Waals surface area (Å²) >= 11 is 0. The summed E-state index contributed by atoms with van der Waals surface area (Å²) in [6, 6.07) is 1.96. The van der Waals surface area contributed by atoms with E-state index < -0.39 is 0 Å². The molecule has 0 spiro atoms. The molecule has 5 nitrogen and oxygen atoms in total. The first-order valence-electron chi connectivity index (χ1n) is 5.94. The number of amides is 1. The van der Waals surface area contributed by atoms with Crippen molar-refractivity contribution < 1.29 is 4.79 Å². The number of hydrogen-bond donors (Lipinski definition) is 3. The van der Waals surface area contributed by atoms with Crippen molar-refractivity contribution in [1.82, 2.24) is 10.3 Å². The van der Waals surface area contributed by atoms with Crippen LogP contribution >= 0.6 is 0 Å². The van der Waals surface area contributed by atoms with Crippen LogP contribution in [0.15, 0.2) is 18.5 Å². The molecule has 1 aliphatic carbocycles. The smallest absolute Gasteiger partial charge is 0.255 e. The number of anilines is 1. The fourth-order valence-electron chi connectivity index (χ4n) is 2.31. The highest BCUT2D eigenvalue weighted by molar-refractivity contribution is 5.99. The van der Waals surface area contributed by atoms with Crippen molar-refractivity contribution in [2.45, 2.75) is 32.2 Å². The molecule has 2 atom stereocenters. The number of nitrogens with one attached hydrogen (secondary N) is 2. The van der Waals surface area contributed by atoms with Gasteiger partial charge in [-0.15, -0.1) is 0 Å². The molecule has 1 aromatic rings. The normalized spacial score (nSPS) is 23.4. The second-order valence-corrected chi connectivity index (χ2v) is 4.55. The fourth-order valence-corrected chi connectivity index (χ4v) is 2.31. The number of nitrogen functional groups attached to an aromatic ring is 1. The van der Waals surface area contributed by atoms with Gasteiger partial charge in [0.15, 0.2) is 0 Å². The monoisotopic (exact) mass is 234 g/mol. The third kappa shape index (κ3) is 2.55. The molecule has 2 unspecified atom stereocenters. The molecule has 92 valence electrons. The molecule has 17 heavy (non-hydrogen) atoms. The Bertz CT molecular complexity index is 407. The minimum Gasteiger partial charge on any atom is -0.349 e. The van der Waals surface area contributed by atoms with Gasteiger partial charge in [0.1, 0.15) is 0 Å². The molecule has 1 aliphatic rings. The number of hydrazine groups is 1. The van der Waals surface area contributed by atoms with E-state index in [0.29, 0.717) is 17.2 Å². The van der Waals surface area contributed by atoms with Gasteiger partial charge in [0.25, 0.3) is 5.91 Å². The highest BCUT2D eigenvalue weighted by Crippen LogP contribution is 2.25. The Morgan fingerprint density at radius 3 is 3.00 bits per heavy atom. The van der Waals surface area contributed by atoms with E-state index in [2.05, 4.69) is 22.7 Å². The standard InChI is InChI=1S/C12H18N4O/c1-8-3-2-4-10(8)15-12(17)9-7-14-6-5-11(9)16-13/h5-8,10H,2-4,13H2,1H3,(H,14,16)(H,15,17). The van der Waals surface area contributed by atoms with Gasteiger partial charge in [-0.2, -0.15) is 0 Å². The number of pyridine rings is 1. The van der Waals surface area contributed by atoms with Crippen LogP contribution in [0, 0.1) is 5.92 Å². The maximum Gasteiger partial charge on any atom is 0.255 e. The molecule has 4 N–H and O–H groups in total. The second-order valence-electron chi connectivity index (χ2n) is 4.55. The summed E-state index contributed by atoms with van der Waals surface area (Å²) in [4.78, 5) is 16.0. The Morgan fingerprint density at radius 1 is 1.53 bits per heavy atom. The van der Waals surface area contributed by atoms with Gasteiger partial charge in [0, 0.05) is 18.4 Å². The molecule has 0 bridgehead atoms. The molecule has 5 heteroatoms. The maximum absolute atomic E-state index is 12.1. The van der Waals surface area contributed by atoms with Crippen molar-refractivity contribution in [3.8, 4) is 0 Å². The molecule has 0 saturated heterocycles. The van der Waals surface area contributed by atoms with Crippen molar-refractivity contribution in [2.75, 3.05) is 5.43 Å². The van der Waals surface area contributed by atoms with Gasteiger partial charge in [-0.1, -0.05) is 13.3 Å². The molecule has 2 rings (SSSR count). The Labute approximate surface area is 101 Å². The summed E-state index contributed by atoms with van der Waals surface area (Å²) in [5, 5.41) is 3.05. The lowest BCUT2D eigenvalue weighted by atomic mass is 10.1. The van der Waals surface area contributed by atoms with Crippen molar-refractivity contribution >= 4 is 11.6 Å². The number of carbonyl (C=O) groups excluding carboxylic acids is 1. The summed E-state index contributed by atoms with van der Waals surface area (Å²) in [5.41, 5.74) is 3.61. The molecule has 0 aromatic carbocycles. The first-order chi connectivity index (χ1) is 8.22. The highest BCUT2D eigenvalue weighted by Gasteiger charge is 2.25. The van der Waals surface area contributed by atoms with Crippen molar-refractivity contribution in [3.63, 3.8) is 0 Å². The number of hydrogen-bond acceptors (Lipinski definition) is 4. The average Bonchev–Trinajstić information content (AvgIpc) is 2.75. The predicted octanol–water partition coefficient (Wildman–Crippen LogP) is 1.29. The minimum atomic E-state index is -0.107. The zero-order valence-corrected chi connectivity index (χ0v) is 9.94. The Morgan fingerprint density at radius 2 is 2.35 bits per heavy atom. The molecular formula is C12H18N4O. The number of nitrogens with two attached hydrogens (primary N) is 1. The van der Waals surface area contributed by atoms with Crippen LogP contribution in [0.2, 0.25) is 0 Å². The topological polar surface area (TPSA) is 80.0 Å². The van der Waals surface area contributed by atoms with Crippen molar-refractivity contribution in [1.29, 1.82) is 0 Å². The van der Waals surface area contributed by atoms with Crippen molar-refractivity contribution in [3.05, 3.63) is 24.0 Å². The molecular weight excluding hydrogens is 216 g/mol. The minimum absolute atomic E-state index is 0.107. The zero-order chi connectivity index (χ0) is 12.3. The second kappa shape index (κ2) is 5.14. The van der Waals surface area contributed by atoms with Gasteiger partial charge in [-0.25, -0.2) is 0 Å². The molecule has 1 fully saturated rings. The van der Waals surface area contributed by atoms with Gasteiger partial charge in [0.2, 0.25) is 0 Å². The Kier molecular flexibility index (Phi) is 3.58. The van der Waals surface area contributed by atoms with Crippen LogP contribution in [0.25, 0.3) is 0 Å². The zero-order valence-electron chi connectivity index (χ0n) is 9.94. The SMILES string of the molecule is CC1CCCC1NC(=O)c1cnccc1NN. The van der Waals surface area contributed by atoms with E-state index in [-0.39, 0.29) is 11.9 Å². The lowest BCUT2D eigenvalue weighted by Crippen LogP contribution is -2.37. The highest BCUT2D eigenvalue weighted by atomic mass is 16.1. The fraction of sp³-hybridized carbons (Fsp3) is 0.500. The first kappa shape index (κ1) is 11.9. The summed E-state index contributed by atoms with van der Waals surface area (Å²) in [5.74, 6) is 5.81. The number of aromatic nitrogens is 1. The van der Waals surface area contributed by atoms with Gasteiger partial charge in [-0.3, -0.25) is 15.6 Å². The van der Waals surface area contributed by atoms with E-state index in [1.54, 1.807) is 12.3 Å². The van der Waals surface area contributed by atoms with Crippen molar-refractivity contribution in [2.24, 2.45) is 11.8 Å². The molecule has 1 amide bonds. The number of nitrogens with zero attached hydrogens (tertiary/aromatic N) is 1. The number of carbonyl (C=O) groups is 1. The summed E-state index contributed by atoms with van der Waals surface area (Å²) in [6.45, 7) is 2.17. The van der Waals surface area contributed by atoms with E-state index in [0.717, 1.165) is 6.42 Å². The van der Waals surface area contributed by atoms with E-state index in [1.807, 2.05) is 0 Å². The molecule has 1 aromatic heterocycles. The van der Waals surface area contributed by atoms with E-state index in [1.165, 1.54) is 19.0 Å². The van der Waals surface area contributed by atoms with Crippen LogP contribution in [0.5, 0.6) is 0 Å². The maximum atomic E-state index is 12.1. The van der Waals surface area contributed by atoms with Crippen LogP contribution in [0.3, 0.4) is 0 Å². The molecule has 0 aliphatic heterocycles. The third-order valence-corrected chi connectivity index (χ3v) is 3.40. The van der Waals surface area contributed by atoms with Crippen LogP contribution in [0.4, 0.5) is 5.69 Å². The summed E-state index contributed by atoms with van der Waals surface area (Å²) in [6.07, 6.45) is 6.55. The quantitative estimate of drug-likeness (QED) is 0.544. The largest absolute Gasteiger partial charge is 0.349 e. The average molecular weight is 234 g/mol. The first-order valence-corrected chi connectivity index (χ1v) is 5.94. The predicted molar refractivity (Wildman–Crippen MR) is 66.3 cm³/mol. The molecule has 1 saturated carbocycles. The van der Waals surface area contributed by atoms with Crippen LogP contribution in [-0.2, 0) is 0 Å². The van der Waals surface area contributed by atoms with E-state index in [4.69, 9.17) is 5.84 Å². The van der Waals surface area contributed by atoms with Gasteiger partial charge >= 0.3 is 0 Å². The number of rotatable bonds is 3. The molecule has 0 radical (unpaired) electrons. The Hall–Kier alpha value is -1.62. The van der Waals surface area contributed by atoms with E-state index in [9.17, 15) is 4.79 Å². The van der Waals surface area contributed by atoms with Crippen LogP contribution < -0.4 is 16.6 Å². The third-order valence-electron chi connectivity index (χ3n) is 3.40. The van der Waals surface area contributed by atoms with Gasteiger partial charge in [-0.05, 0) is 24.8 Å². The summed E-state index contributed by atoms with van der Waals surface area (Å²) in [7, 11) is 0. The summed E-state index contributed by atoms with van der Waals surface area (Å²) < 4.78 is 0. The lowest BCUT2D eigenvalue weighted by Gasteiger charge is -2.18. The van der Waals surface area contributed by atoms with Crippen LogP contribution in [-0.4, -0.2) is 16.9 Å².